The van der Waals surface area contributed by atoms with Crippen molar-refractivity contribution in [3.05, 3.63) is 41.5 Å². The molecule has 0 aliphatic carbocycles. The zero-order valence-electron chi connectivity index (χ0n) is 13.8. The molecular formula is C16H22N2O4S. The third-order valence-corrected chi connectivity index (χ3v) is 5.48. The largest absolute Gasteiger partial charge is 0.494 e. The molecule has 6 nitrogen and oxygen atoms in total. The molecule has 1 aromatic heterocycles. The maximum atomic E-state index is 12.7. The normalized spacial score (nSPS) is 13.3. The minimum absolute atomic E-state index is 0.0843. The van der Waals surface area contributed by atoms with Gasteiger partial charge < -0.3 is 9.26 Å². The second-order valence-corrected chi connectivity index (χ2v) is 7.96. The van der Waals surface area contributed by atoms with Crippen LogP contribution < -0.4 is 4.74 Å². The molecule has 2 aromatic rings. The summed E-state index contributed by atoms with van der Waals surface area (Å²) in [5.41, 5.74) is 0.629. The molecule has 0 saturated heterocycles. The van der Waals surface area contributed by atoms with Crippen molar-refractivity contribution in [3.8, 4) is 5.75 Å². The molecule has 0 radical (unpaired) electrons. The predicted molar refractivity (Wildman–Crippen MR) is 87.0 cm³/mol. The van der Waals surface area contributed by atoms with Crippen LogP contribution >= 0.6 is 0 Å². The molecule has 1 unspecified atom stereocenters. The van der Waals surface area contributed by atoms with Crippen molar-refractivity contribution in [1.29, 1.82) is 0 Å². The summed E-state index contributed by atoms with van der Waals surface area (Å²) in [6.07, 6.45) is 0. The van der Waals surface area contributed by atoms with E-state index in [4.69, 9.17) is 9.26 Å². The quantitative estimate of drug-likeness (QED) is 0.770. The fraction of sp³-hybridized carbons (Fsp3) is 0.500. The van der Waals surface area contributed by atoms with E-state index >= 15 is 0 Å². The minimum Gasteiger partial charge on any atom is -0.494 e. The Bertz CT molecular complexity index is 753. The Morgan fingerprint density at radius 1 is 1.22 bits per heavy atom. The number of sulfone groups is 1. The fourth-order valence-corrected chi connectivity index (χ4v) is 3.39. The lowest BCUT2D eigenvalue weighted by Crippen LogP contribution is -2.14. The van der Waals surface area contributed by atoms with Crippen molar-refractivity contribution in [2.45, 2.75) is 44.6 Å². The van der Waals surface area contributed by atoms with Gasteiger partial charge in [-0.1, -0.05) is 37.2 Å². The summed E-state index contributed by atoms with van der Waals surface area (Å²) in [6.45, 7) is 7.75. The molecule has 0 bridgehead atoms. The molecule has 0 aliphatic heterocycles. The zero-order chi connectivity index (χ0) is 17.0. The summed E-state index contributed by atoms with van der Waals surface area (Å²) in [5.74, 6) is 1.17. The predicted octanol–water partition coefficient (Wildman–Crippen LogP) is 3.27. The minimum atomic E-state index is -3.50. The lowest BCUT2D eigenvalue weighted by Gasteiger charge is -2.12. The number of rotatable bonds is 7. The monoisotopic (exact) mass is 338 g/mol. The van der Waals surface area contributed by atoms with E-state index in [2.05, 4.69) is 10.1 Å². The summed E-state index contributed by atoms with van der Waals surface area (Å²) in [4.78, 5) is 4.19. The molecule has 23 heavy (non-hydrogen) atoms. The van der Waals surface area contributed by atoms with E-state index in [0.29, 0.717) is 23.7 Å². The Balaban J connectivity index is 2.24. The molecule has 7 heteroatoms. The van der Waals surface area contributed by atoms with Gasteiger partial charge in [0.15, 0.2) is 15.7 Å². The van der Waals surface area contributed by atoms with E-state index in [1.165, 1.54) is 0 Å². The van der Waals surface area contributed by atoms with Crippen LogP contribution in [0.3, 0.4) is 0 Å². The number of hydrogen-bond donors (Lipinski definition) is 0. The highest BCUT2D eigenvalue weighted by molar-refractivity contribution is 7.90. The second-order valence-electron chi connectivity index (χ2n) is 5.64. The maximum absolute atomic E-state index is 12.7. The third kappa shape index (κ3) is 4.10. The van der Waals surface area contributed by atoms with Crippen LogP contribution in [-0.4, -0.2) is 25.2 Å². The molecule has 0 aliphatic rings. The second kappa shape index (κ2) is 7.12. The summed E-state index contributed by atoms with van der Waals surface area (Å²) < 4.78 is 35.9. The average molecular weight is 338 g/mol. The van der Waals surface area contributed by atoms with Crippen LogP contribution in [0.1, 0.15) is 56.1 Å². The van der Waals surface area contributed by atoms with Crippen LogP contribution in [-0.2, 0) is 15.6 Å². The molecule has 1 heterocycles. The Kier molecular flexibility index (Phi) is 5.41. The van der Waals surface area contributed by atoms with E-state index in [1.807, 2.05) is 26.8 Å². The van der Waals surface area contributed by atoms with Crippen LogP contribution in [0, 0.1) is 0 Å². The van der Waals surface area contributed by atoms with Crippen LogP contribution in [0.2, 0.25) is 0 Å². The number of aromatic nitrogens is 2. The van der Waals surface area contributed by atoms with Gasteiger partial charge in [0.25, 0.3) is 0 Å². The van der Waals surface area contributed by atoms with Crippen LogP contribution in [0.5, 0.6) is 5.75 Å². The van der Waals surface area contributed by atoms with Gasteiger partial charge in [0.1, 0.15) is 11.0 Å². The molecule has 0 fully saturated rings. The molecular weight excluding hydrogens is 316 g/mol. The van der Waals surface area contributed by atoms with E-state index in [-0.39, 0.29) is 17.6 Å². The van der Waals surface area contributed by atoms with Gasteiger partial charge in [-0.2, -0.15) is 4.98 Å². The van der Waals surface area contributed by atoms with Gasteiger partial charge >= 0.3 is 0 Å². The van der Waals surface area contributed by atoms with Crippen molar-refractivity contribution < 1.29 is 17.7 Å². The Hall–Kier alpha value is -1.89. The van der Waals surface area contributed by atoms with E-state index < -0.39 is 15.1 Å². The summed E-state index contributed by atoms with van der Waals surface area (Å²) >= 11 is 0. The molecule has 126 valence electrons. The number of benzene rings is 1. The van der Waals surface area contributed by atoms with Gasteiger partial charge in [0, 0.05) is 11.5 Å². The van der Waals surface area contributed by atoms with E-state index in [9.17, 15) is 8.42 Å². The first kappa shape index (κ1) is 17.5. The smallest absolute Gasteiger partial charge is 0.244 e. The van der Waals surface area contributed by atoms with Gasteiger partial charge in [-0.3, -0.25) is 0 Å². The highest BCUT2D eigenvalue weighted by Gasteiger charge is 2.29. The van der Waals surface area contributed by atoms with Gasteiger partial charge in [-0.05, 0) is 19.9 Å². The molecule has 0 N–H and O–H groups in total. The first-order chi connectivity index (χ1) is 10.8. The summed E-state index contributed by atoms with van der Waals surface area (Å²) in [6, 6.07) is 7.13. The molecule has 0 spiro atoms. The SMILES string of the molecule is CCOc1ccccc1CS(=O)(=O)C(C)c1nc(C(C)C)no1. The standard InChI is InChI=1S/C16H22N2O4S/c1-5-21-14-9-7-6-8-13(14)10-23(19,20)12(4)16-17-15(11(2)3)18-22-16/h6-9,11-12H,5,10H2,1-4H3. The van der Waals surface area contributed by atoms with Gasteiger partial charge in [0.05, 0.1) is 12.4 Å². The first-order valence-electron chi connectivity index (χ1n) is 7.61. The number of para-hydroxylation sites is 1. The van der Waals surface area contributed by atoms with E-state index in [0.717, 1.165) is 0 Å². The third-order valence-electron chi connectivity index (χ3n) is 3.49. The topological polar surface area (TPSA) is 82.3 Å². The Morgan fingerprint density at radius 2 is 1.91 bits per heavy atom. The molecule has 1 atom stereocenters. The highest BCUT2D eigenvalue weighted by atomic mass is 32.2. The highest BCUT2D eigenvalue weighted by Crippen LogP contribution is 2.28. The number of nitrogens with zero attached hydrogens (tertiary/aromatic N) is 2. The van der Waals surface area contributed by atoms with Gasteiger partial charge in [-0.25, -0.2) is 8.42 Å². The first-order valence-corrected chi connectivity index (χ1v) is 9.32. The molecule has 1 aromatic carbocycles. The summed E-state index contributed by atoms with van der Waals surface area (Å²) in [5, 5.41) is 2.97. The number of ether oxygens (including phenoxy) is 1. The van der Waals surface area contributed by atoms with Crippen molar-refractivity contribution in [3.63, 3.8) is 0 Å². The fourth-order valence-electron chi connectivity index (χ4n) is 2.06. The number of hydrogen-bond acceptors (Lipinski definition) is 6. The van der Waals surface area contributed by atoms with Crippen LogP contribution in [0.15, 0.2) is 28.8 Å². The van der Waals surface area contributed by atoms with Crippen molar-refractivity contribution in [1.82, 2.24) is 10.1 Å². The van der Waals surface area contributed by atoms with Gasteiger partial charge in [-0.15, -0.1) is 0 Å². The molecule has 0 saturated carbocycles. The van der Waals surface area contributed by atoms with Crippen LogP contribution in [0.4, 0.5) is 0 Å². The van der Waals surface area contributed by atoms with Crippen molar-refractivity contribution in [2.75, 3.05) is 6.61 Å². The molecule has 0 amide bonds. The van der Waals surface area contributed by atoms with Crippen molar-refractivity contribution >= 4 is 9.84 Å². The van der Waals surface area contributed by atoms with Crippen molar-refractivity contribution in [2.24, 2.45) is 0 Å². The van der Waals surface area contributed by atoms with E-state index in [1.54, 1.807) is 25.1 Å². The summed E-state index contributed by atoms with van der Waals surface area (Å²) in [7, 11) is -3.50. The molecule has 2 rings (SSSR count). The average Bonchev–Trinajstić information content (AvgIpc) is 2.98. The zero-order valence-corrected chi connectivity index (χ0v) is 14.6. The lowest BCUT2D eigenvalue weighted by atomic mass is 10.2. The lowest BCUT2D eigenvalue weighted by molar-refractivity contribution is 0.337. The maximum Gasteiger partial charge on any atom is 0.244 e. The Morgan fingerprint density at radius 3 is 2.52 bits per heavy atom. The van der Waals surface area contributed by atoms with Gasteiger partial charge in [0.2, 0.25) is 5.89 Å². The van der Waals surface area contributed by atoms with Crippen LogP contribution in [0.25, 0.3) is 0 Å². The Labute approximate surface area is 136 Å².